The van der Waals surface area contributed by atoms with E-state index >= 15 is 0 Å². The summed E-state index contributed by atoms with van der Waals surface area (Å²) in [4.78, 5) is 28.6. The zero-order chi connectivity index (χ0) is 26.9. The molecule has 194 valence electrons. The number of aliphatic carboxylic acids is 1. The van der Waals surface area contributed by atoms with E-state index in [0.29, 0.717) is 29.7 Å². The molecule has 0 aliphatic rings. The average molecular weight is 531 g/mol. The maximum Gasteiger partial charge on any atom is 0.326 e. The first-order valence-corrected chi connectivity index (χ1v) is 12.5. The van der Waals surface area contributed by atoms with Gasteiger partial charge in [0.25, 0.3) is 0 Å². The van der Waals surface area contributed by atoms with E-state index in [1.807, 2.05) is 37.3 Å². The maximum atomic E-state index is 12.3. The smallest absolute Gasteiger partial charge is 0.326 e. The molecule has 0 saturated heterocycles. The molecule has 0 aliphatic carbocycles. The molecule has 0 aliphatic heterocycles. The fourth-order valence-corrected chi connectivity index (χ4v) is 3.99. The molecule has 0 fully saturated rings. The fraction of sp³-hybridized carbons (Fsp3) is 0.167. The number of rotatable bonds is 11. The van der Waals surface area contributed by atoms with Crippen LogP contribution in [0.1, 0.15) is 22.6 Å². The van der Waals surface area contributed by atoms with Gasteiger partial charge in [0.05, 0.1) is 12.3 Å². The fourth-order valence-electron chi connectivity index (χ4n) is 3.79. The molecular weight excluding hydrogens is 504 g/mol. The van der Waals surface area contributed by atoms with Crippen LogP contribution < -0.4 is 10.1 Å². The summed E-state index contributed by atoms with van der Waals surface area (Å²) in [7, 11) is 0. The van der Waals surface area contributed by atoms with Gasteiger partial charge in [-0.05, 0) is 60.5 Å². The first-order valence-electron chi connectivity index (χ1n) is 12.1. The Morgan fingerprint density at radius 2 is 1.84 bits per heavy atom. The molecular formula is C30H27ClN2O5. The van der Waals surface area contributed by atoms with Crippen molar-refractivity contribution in [2.24, 2.45) is 0 Å². The number of aryl methyl sites for hydroxylation is 1. The first kappa shape index (κ1) is 26.7. The minimum absolute atomic E-state index is 0.132. The third-order valence-electron chi connectivity index (χ3n) is 5.77. The second kappa shape index (κ2) is 12.7. The zero-order valence-electron chi connectivity index (χ0n) is 20.8. The number of benzene rings is 3. The van der Waals surface area contributed by atoms with Crippen molar-refractivity contribution in [2.75, 3.05) is 6.61 Å². The summed E-state index contributed by atoms with van der Waals surface area (Å²) in [5, 5.41) is 12.7. The van der Waals surface area contributed by atoms with E-state index in [1.54, 1.807) is 54.6 Å². The van der Waals surface area contributed by atoms with E-state index in [9.17, 15) is 14.7 Å². The van der Waals surface area contributed by atoms with Gasteiger partial charge in [0.1, 0.15) is 17.6 Å². The number of aromatic nitrogens is 1. The van der Waals surface area contributed by atoms with Gasteiger partial charge < -0.3 is 19.6 Å². The Bertz CT molecular complexity index is 1410. The van der Waals surface area contributed by atoms with Crippen molar-refractivity contribution < 1.29 is 23.8 Å². The predicted molar refractivity (Wildman–Crippen MR) is 146 cm³/mol. The minimum atomic E-state index is -1.12. The van der Waals surface area contributed by atoms with E-state index in [-0.39, 0.29) is 6.42 Å². The number of oxazole rings is 1. The number of ether oxygens (including phenoxy) is 1. The Kier molecular flexibility index (Phi) is 8.95. The number of carbonyl (C=O) groups excluding carboxylic acids is 1. The second-order valence-electron chi connectivity index (χ2n) is 8.62. The van der Waals surface area contributed by atoms with Gasteiger partial charge >= 0.3 is 5.97 Å². The van der Waals surface area contributed by atoms with Crippen LogP contribution >= 0.6 is 11.6 Å². The summed E-state index contributed by atoms with van der Waals surface area (Å²) in [6.45, 7) is 2.29. The van der Waals surface area contributed by atoms with Crippen LogP contribution in [-0.2, 0) is 22.4 Å². The molecule has 1 aromatic heterocycles. The van der Waals surface area contributed by atoms with E-state index in [0.717, 1.165) is 28.1 Å². The monoisotopic (exact) mass is 530 g/mol. The SMILES string of the molecule is Cc1oc(-c2ccccc2)nc1CCOc1ccc(C[C@H](NC(=O)C=Cc2cccc(Cl)c2)C(=O)O)cc1. The van der Waals surface area contributed by atoms with Crippen molar-refractivity contribution in [3.8, 4) is 17.2 Å². The largest absolute Gasteiger partial charge is 0.493 e. The van der Waals surface area contributed by atoms with Crippen LogP contribution in [-0.4, -0.2) is 34.6 Å². The van der Waals surface area contributed by atoms with Crippen molar-refractivity contribution in [2.45, 2.75) is 25.8 Å². The maximum absolute atomic E-state index is 12.3. The normalized spacial score (nSPS) is 11.8. The molecule has 2 N–H and O–H groups in total. The zero-order valence-corrected chi connectivity index (χ0v) is 21.5. The molecule has 0 bridgehead atoms. The Hall–Kier alpha value is -4.36. The van der Waals surface area contributed by atoms with Crippen LogP contribution in [0.2, 0.25) is 5.02 Å². The highest BCUT2D eigenvalue weighted by atomic mass is 35.5. The summed E-state index contributed by atoms with van der Waals surface area (Å²) in [5.74, 6) is 0.372. The quantitative estimate of drug-likeness (QED) is 0.239. The van der Waals surface area contributed by atoms with Crippen LogP contribution in [0, 0.1) is 6.92 Å². The molecule has 8 heteroatoms. The Balaban J connectivity index is 1.28. The summed E-state index contributed by atoms with van der Waals surface area (Å²) >= 11 is 5.94. The van der Waals surface area contributed by atoms with Gasteiger partial charge in [-0.3, -0.25) is 4.79 Å². The van der Waals surface area contributed by atoms with Gasteiger partial charge in [0, 0.05) is 29.5 Å². The summed E-state index contributed by atoms with van der Waals surface area (Å²) < 4.78 is 11.6. The molecule has 1 heterocycles. The van der Waals surface area contributed by atoms with Crippen molar-refractivity contribution in [3.05, 3.63) is 113 Å². The van der Waals surface area contributed by atoms with Crippen molar-refractivity contribution >= 4 is 29.6 Å². The summed E-state index contributed by atoms with van der Waals surface area (Å²) in [5.41, 5.74) is 3.26. The predicted octanol–water partition coefficient (Wildman–Crippen LogP) is 5.75. The highest BCUT2D eigenvalue weighted by molar-refractivity contribution is 6.30. The first-order chi connectivity index (χ1) is 18.4. The van der Waals surface area contributed by atoms with Gasteiger partial charge in [-0.1, -0.05) is 54.1 Å². The topological polar surface area (TPSA) is 102 Å². The number of carboxylic acid groups (broad SMARTS) is 1. The molecule has 4 aromatic rings. The second-order valence-corrected chi connectivity index (χ2v) is 9.06. The van der Waals surface area contributed by atoms with Gasteiger partial charge in [-0.15, -0.1) is 0 Å². The molecule has 38 heavy (non-hydrogen) atoms. The lowest BCUT2D eigenvalue weighted by atomic mass is 10.1. The number of amides is 1. The third-order valence-corrected chi connectivity index (χ3v) is 6.01. The number of carboxylic acids is 1. The van der Waals surface area contributed by atoms with Crippen molar-refractivity contribution in [1.29, 1.82) is 0 Å². The lowest BCUT2D eigenvalue weighted by Crippen LogP contribution is -2.41. The van der Waals surface area contributed by atoms with Crippen molar-refractivity contribution in [1.82, 2.24) is 10.3 Å². The standard InChI is InChI=1S/C30H27ClN2O5/c1-20-26(33-29(38-20)23-7-3-2-4-8-23)16-17-37-25-13-10-22(11-14-25)19-27(30(35)36)32-28(34)15-12-21-6-5-9-24(31)18-21/h2-15,18,27H,16-17,19H2,1H3,(H,32,34)(H,35,36)/t27-/m0/s1. The van der Waals surface area contributed by atoms with E-state index in [4.69, 9.17) is 20.8 Å². The third kappa shape index (κ3) is 7.57. The molecule has 0 saturated carbocycles. The molecule has 0 spiro atoms. The lowest BCUT2D eigenvalue weighted by molar-refractivity contribution is -0.141. The number of nitrogens with one attached hydrogen (secondary N) is 1. The number of carbonyl (C=O) groups is 2. The van der Waals surface area contributed by atoms with Crippen LogP contribution in [0.3, 0.4) is 0 Å². The van der Waals surface area contributed by atoms with Crippen LogP contribution in [0.4, 0.5) is 0 Å². The van der Waals surface area contributed by atoms with Gasteiger partial charge in [-0.25, -0.2) is 9.78 Å². The number of hydrogen-bond donors (Lipinski definition) is 2. The number of nitrogens with zero attached hydrogens (tertiary/aromatic N) is 1. The molecule has 4 rings (SSSR count). The van der Waals surface area contributed by atoms with Crippen LogP contribution in [0.25, 0.3) is 17.5 Å². The van der Waals surface area contributed by atoms with Crippen LogP contribution in [0.15, 0.2) is 89.4 Å². The molecule has 1 atom stereocenters. The lowest BCUT2D eigenvalue weighted by Gasteiger charge is -2.14. The minimum Gasteiger partial charge on any atom is -0.493 e. The van der Waals surface area contributed by atoms with E-state index in [2.05, 4.69) is 10.3 Å². The van der Waals surface area contributed by atoms with E-state index in [1.165, 1.54) is 6.08 Å². The van der Waals surface area contributed by atoms with E-state index < -0.39 is 17.9 Å². The molecule has 7 nitrogen and oxygen atoms in total. The highest BCUT2D eigenvalue weighted by Gasteiger charge is 2.19. The summed E-state index contributed by atoms with van der Waals surface area (Å²) in [6.07, 6.45) is 3.58. The molecule has 0 radical (unpaired) electrons. The Morgan fingerprint density at radius 3 is 2.55 bits per heavy atom. The van der Waals surface area contributed by atoms with Gasteiger partial charge in [-0.2, -0.15) is 0 Å². The number of hydrogen-bond acceptors (Lipinski definition) is 5. The Morgan fingerprint density at radius 1 is 1.08 bits per heavy atom. The molecule has 0 unspecified atom stereocenters. The molecule has 3 aromatic carbocycles. The summed E-state index contributed by atoms with van der Waals surface area (Å²) in [6, 6.07) is 22.8. The average Bonchev–Trinajstić information content (AvgIpc) is 3.29. The molecule has 1 amide bonds. The highest BCUT2D eigenvalue weighted by Crippen LogP contribution is 2.22. The number of halogens is 1. The van der Waals surface area contributed by atoms with Crippen molar-refractivity contribution in [3.63, 3.8) is 0 Å². The van der Waals surface area contributed by atoms with Crippen LogP contribution in [0.5, 0.6) is 5.75 Å². The Labute approximate surface area is 225 Å². The van der Waals surface area contributed by atoms with Gasteiger partial charge in [0.2, 0.25) is 11.8 Å². The van der Waals surface area contributed by atoms with Gasteiger partial charge in [0.15, 0.2) is 0 Å².